The first-order valence-corrected chi connectivity index (χ1v) is 8.33. The number of benzene rings is 2. The van der Waals surface area contributed by atoms with Gasteiger partial charge in [-0.3, -0.25) is 0 Å². The first-order valence-electron chi connectivity index (χ1n) is 8.33. The van der Waals surface area contributed by atoms with Crippen LogP contribution in [0.25, 0.3) is 0 Å². The fourth-order valence-electron chi connectivity index (χ4n) is 2.30. The molecule has 0 saturated heterocycles. The molecule has 0 fully saturated rings. The fraction of sp³-hybridized carbons (Fsp3) is 0.400. The van der Waals surface area contributed by atoms with Gasteiger partial charge in [0.15, 0.2) is 11.5 Å². The Bertz CT molecular complexity index is 626. The largest absolute Gasteiger partial charge is 0.493 e. The number of methoxy groups -OCH3 is 1. The summed E-state index contributed by atoms with van der Waals surface area (Å²) in [6.45, 7) is 6.44. The molecule has 1 N–H and O–H groups in total. The van der Waals surface area contributed by atoms with Gasteiger partial charge < -0.3 is 14.8 Å². The van der Waals surface area contributed by atoms with Crippen molar-refractivity contribution in [2.24, 2.45) is 5.92 Å². The Morgan fingerprint density at radius 3 is 2.29 bits per heavy atom. The monoisotopic (exact) mass is 331 g/mol. The second-order valence-corrected chi connectivity index (χ2v) is 6.25. The predicted octanol–water partition coefficient (Wildman–Crippen LogP) is 4.55. The molecule has 2 aromatic carbocycles. The van der Waals surface area contributed by atoms with Gasteiger partial charge in [-0.25, -0.2) is 4.39 Å². The van der Waals surface area contributed by atoms with Crippen LogP contribution in [0.15, 0.2) is 42.5 Å². The molecule has 0 bridgehead atoms. The van der Waals surface area contributed by atoms with Gasteiger partial charge in [-0.15, -0.1) is 0 Å². The van der Waals surface area contributed by atoms with Gasteiger partial charge in [0.1, 0.15) is 5.82 Å². The third kappa shape index (κ3) is 5.85. The molecule has 0 amide bonds. The number of halogens is 1. The molecule has 0 saturated carbocycles. The normalized spacial score (nSPS) is 10.9. The number of ether oxygens (including phenoxy) is 2. The lowest BCUT2D eigenvalue weighted by atomic mass is 10.1. The summed E-state index contributed by atoms with van der Waals surface area (Å²) in [7, 11) is 1.65. The molecule has 0 heterocycles. The molecule has 0 atom stereocenters. The van der Waals surface area contributed by atoms with E-state index in [-0.39, 0.29) is 5.82 Å². The van der Waals surface area contributed by atoms with Crippen LogP contribution in [-0.2, 0) is 13.1 Å². The minimum atomic E-state index is -0.212. The van der Waals surface area contributed by atoms with Crippen molar-refractivity contribution in [3.63, 3.8) is 0 Å². The van der Waals surface area contributed by atoms with Crippen molar-refractivity contribution in [1.82, 2.24) is 5.32 Å². The van der Waals surface area contributed by atoms with E-state index in [1.54, 1.807) is 19.2 Å². The first-order chi connectivity index (χ1) is 11.6. The van der Waals surface area contributed by atoms with Gasteiger partial charge in [-0.1, -0.05) is 32.0 Å². The molecular weight excluding hydrogens is 305 g/mol. The SMILES string of the molecule is COc1cc(CNCc2ccc(F)cc2)ccc1OCCC(C)C. The van der Waals surface area contributed by atoms with Crippen LogP contribution in [0.1, 0.15) is 31.4 Å². The summed E-state index contributed by atoms with van der Waals surface area (Å²) in [5, 5.41) is 3.35. The van der Waals surface area contributed by atoms with E-state index in [1.165, 1.54) is 12.1 Å². The second kappa shape index (κ2) is 9.28. The van der Waals surface area contributed by atoms with Crippen molar-refractivity contribution in [3.8, 4) is 11.5 Å². The molecule has 0 aliphatic carbocycles. The van der Waals surface area contributed by atoms with E-state index in [1.807, 2.05) is 18.2 Å². The predicted molar refractivity (Wildman–Crippen MR) is 94.9 cm³/mol. The van der Waals surface area contributed by atoms with Gasteiger partial charge in [-0.2, -0.15) is 0 Å². The van der Waals surface area contributed by atoms with Crippen molar-refractivity contribution in [3.05, 3.63) is 59.4 Å². The quantitative estimate of drug-likeness (QED) is 0.731. The lowest BCUT2D eigenvalue weighted by Crippen LogP contribution is -2.12. The van der Waals surface area contributed by atoms with Crippen LogP contribution < -0.4 is 14.8 Å². The molecule has 2 rings (SSSR count). The Kier molecular flexibility index (Phi) is 7.07. The minimum Gasteiger partial charge on any atom is -0.493 e. The van der Waals surface area contributed by atoms with E-state index in [2.05, 4.69) is 19.2 Å². The Balaban J connectivity index is 1.87. The highest BCUT2D eigenvalue weighted by Gasteiger charge is 2.06. The molecule has 0 spiro atoms. The molecule has 0 radical (unpaired) electrons. The molecule has 24 heavy (non-hydrogen) atoms. The number of rotatable bonds is 9. The van der Waals surface area contributed by atoms with E-state index < -0.39 is 0 Å². The van der Waals surface area contributed by atoms with Crippen molar-refractivity contribution < 1.29 is 13.9 Å². The summed E-state index contributed by atoms with van der Waals surface area (Å²) < 4.78 is 24.1. The highest BCUT2D eigenvalue weighted by molar-refractivity contribution is 5.43. The van der Waals surface area contributed by atoms with E-state index in [0.717, 1.165) is 29.0 Å². The van der Waals surface area contributed by atoms with Crippen LogP contribution in [0, 0.1) is 11.7 Å². The molecule has 130 valence electrons. The summed E-state index contributed by atoms with van der Waals surface area (Å²) in [6, 6.07) is 12.5. The van der Waals surface area contributed by atoms with Crippen molar-refractivity contribution in [2.45, 2.75) is 33.4 Å². The third-order valence-electron chi connectivity index (χ3n) is 3.75. The zero-order valence-electron chi connectivity index (χ0n) is 14.6. The zero-order valence-corrected chi connectivity index (χ0v) is 14.6. The minimum absolute atomic E-state index is 0.212. The van der Waals surface area contributed by atoms with Gasteiger partial charge in [0.2, 0.25) is 0 Å². The lowest BCUT2D eigenvalue weighted by Gasteiger charge is -2.13. The molecule has 2 aromatic rings. The lowest BCUT2D eigenvalue weighted by molar-refractivity contribution is 0.273. The second-order valence-electron chi connectivity index (χ2n) is 6.25. The van der Waals surface area contributed by atoms with Crippen LogP contribution in [0.5, 0.6) is 11.5 Å². The third-order valence-corrected chi connectivity index (χ3v) is 3.75. The first kappa shape index (κ1) is 18.3. The maximum Gasteiger partial charge on any atom is 0.161 e. The maximum atomic E-state index is 12.9. The van der Waals surface area contributed by atoms with E-state index in [4.69, 9.17) is 9.47 Å². The summed E-state index contributed by atoms with van der Waals surface area (Å²) in [5.74, 6) is 1.93. The van der Waals surface area contributed by atoms with Crippen LogP contribution in [0.3, 0.4) is 0 Å². The van der Waals surface area contributed by atoms with Crippen LogP contribution in [0.2, 0.25) is 0 Å². The van der Waals surface area contributed by atoms with Gasteiger partial charge in [-0.05, 0) is 47.7 Å². The number of hydrogen-bond acceptors (Lipinski definition) is 3. The molecule has 0 unspecified atom stereocenters. The molecular formula is C20H26FNO2. The molecule has 0 aromatic heterocycles. The average molecular weight is 331 g/mol. The zero-order chi connectivity index (χ0) is 17.4. The van der Waals surface area contributed by atoms with Crippen molar-refractivity contribution >= 4 is 0 Å². The highest BCUT2D eigenvalue weighted by Crippen LogP contribution is 2.28. The Morgan fingerprint density at radius 2 is 1.62 bits per heavy atom. The summed E-state index contributed by atoms with van der Waals surface area (Å²) >= 11 is 0. The van der Waals surface area contributed by atoms with Gasteiger partial charge >= 0.3 is 0 Å². The summed E-state index contributed by atoms with van der Waals surface area (Å²) in [6.07, 6.45) is 1.02. The molecule has 3 nitrogen and oxygen atoms in total. The molecule has 0 aliphatic rings. The van der Waals surface area contributed by atoms with Crippen molar-refractivity contribution in [2.75, 3.05) is 13.7 Å². The smallest absolute Gasteiger partial charge is 0.161 e. The summed E-state index contributed by atoms with van der Waals surface area (Å²) in [5.41, 5.74) is 2.17. The van der Waals surface area contributed by atoms with E-state index in [9.17, 15) is 4.39 Å². The Morgan fingerprint density at radius 1 is 0.958 bits per heavy atom. The number of nitrogens with one attached hydrogen (secondary N) is 1. The van der Waals surface area contributed by atoms with Crippen molar-refractivity contribution in [1.29, 1.82) is 0 Å². The fourth-order valence-corrected chi connectivity index (χ4v) is 2.30. The van der Waals surface area contributed by atoms with Crippen LogP contribution >= 0.6 is 0 Å². The van der Waals surface area contributed by atoms with Gasteiger partial charge in [0, 0.05) is 13.1 Å². The molecule has 0 aliphatic heterocycles. The average Bonchev–Trinajstić information content (AvgIpc) is 2.57. The van der Waals surface area contributed by atoms with E-state index in [0.29, 0.717) is 25.6 Å². The number of hydrogen-bond donors (Lipinski definition) is 1. The van der Waals surface area contributed by atoms with Gasteiger partial charge in [0.25, 0.3) is 0 Å². The topological polar surface area (TPSA) is 30.5 Å². The Labute approximate surface area is 143 Å². The summed E-state index contributed by atoms with van der Waals surface area (Å²) in [4.78, 5) is 0. The highest BCUT2D eigenvalue weighted by atomic mass is 19.1. The van der Waals surface area contributed by atoms with Crippen LogP contribution in [0.4, 0.5) is 4.39 Å². The maximum absolute atomic E-state index is 12.9. The molecule has 4 heteroatoms. The van der Waals surface area contributed by atoms with Crippen LogP contribution in [-0.4, -0.2) is 13.7 Å². The standard InChI is InChI=1S/C20H26FNO2/c1-15(2)10-11-24-19-9-6-17(12-20(19)23-3)14-22-13-16-4-7-18(21)8-5-16/h4-9,12,15,22H,10-11,13-14H2,1-3H3. The Hall–Kier alpha value is -2.07. The van der Waals surface area contributed by atoms with Gasteiger partial charge in [0.05, 0.1) is 13.7 Å². The van der Waals surface area contributed by atoms with E-state index >= 15 is 0 Å².